The lowest BCUT2D eigenvalue weighted by Gasteiger charge is -2.50. The molecule has 0 aliphatic carbocycles. The number of nitrogens with one attached hydrogen (secondary N) is 2. The summed E-state index contributed by atoms with van der Waals surface area (Å²) in [6.07, 6.45) is 17.6. The maximum absolute atomic E-state index is 13.8. The van der Waals surface area contributed by atoms with E-state index in [1.165, 1.54) is 0 Å². The van der Waals surface area contributed by atoms with E-state index in [1.54, 1.807) is 0 Å². The second-order valence-electron chi connectivity index (χ2n) is 12.3. The van der Waals surface area contributed by atoms with Gasteiger partial charge in [0.15, 0.2) is 11.6 Å². The van der Waals surface area contributed by atoms with E-state index >= 15 is 0 Å². The first kappa shape index (κ1) is 28.4. The highest BCUT2D eigenvalue weighted by molar-refractivity contribution is 5.82. The maximum atomic E-state index is 13.8. The van der Waals surface area contributed by atoms with Gasteiger partial charge in [-0.25, -0.2) is 10.6 Å². The van der Waals surface area contributed by atoms with E-state index in [-0.39, 0.29) is 36.6 Å². The molecule has 2 spiro atoms. The summed E-state index contributed by atoms with van der Waals surface area (Å²) < 4.78 is 21.8. The minimum atomic E-state index is -0.782. The quantitative estimate of drug-likeness (QED) is 0.162. The zero-order chi connectivity index (χ0) is 27.5. The molecule has 0 aromatic rings. The number of carbonyl (C=O) groups excluding carboxylic acids is 1. The summed E-state index contributed by atoms with van der Waals surface area (Å²) in [6, 6.07) is 0.351. The average Bonchev–Trinajstić information content (AvgIpc) is 3.19. The fourth-order valence-corrected chi connectivity index (χ4v) is 7.57. The molecule has 5 rings (SSSR count). The van der Waals surface area contributed by atoms with Crippen molar-refractivity contribution in [1.29, 1.82) is 0 Å². The van der Waals surface area contributed by atoms with Crippen LogP contribution in [0.15, 0.2) is 12.2 Å². The van der Waals surface area contributed by atoms with Gasteiger partial charge in [0.25, 0.3) is 0 Å². The molecule has 0 amide bonds. The molecule has 9 heteroatoms. The standard InChI is InChI=1S/C30H47N3O6/c1-3-23-13-8-9-17-29(39-23)20-22-15-16-24-26(27(36)37-19-10-6-4-5-7-14-25(34)35)30(18-11-12-21(2)38-30)32-28(31-29)33(22)24/h8,13,21-24,26H,3-7,9-12,14-20H2,1-2H3,(H2,31,32,34,35)/p+1/t21-,22+,23-,24-,26-,29+,30-/m1/s1. The van der Waals surface area contributed by atoms with Gasteiger partial charge in [-0.1, -0.05) is 38.3 Å². The molecule has 39 heavy (non-hydrogen) atoms. The third-order valence-corrected chi connectivity index (χ3v) is 9.38. The zero-order valence-corrected chi connectivity index (χ0v) is 23.8. The van der Waals surface area contributed by atoms with Crippen molar-refractivity contribution >= 4 is 17.9 Å². The van der Waals surface area contributed by atoms with E-state index in [4.69, 9.17) is 19.3 Å². The van der Waals surface area contributed by atoms with Gasteiger partial charge in [-0.05, 0) is 58.3 Å². The van der Waals surface area contributed by atoms with Crippen molar-refractivity contribution in [3.63, 3.8) is 0 Å². The zero-order valence-electron chi connectivity index (χ0n) is 23.8. The molecular formula is C30H48N3O6+. The predicted molar refractivity (Wildman–Crippen MR) is 146 cm³/mol. The molecule has 0 saturated carbocycles. The van der Waals surface area contributed by atoms with Gasteiger partial charge in [-0.3, -0.25) is 14.2 Å². The number of hydrogen-bond donors (Lipinski definition) is 3. The Kier molecular flexibility index (Phi) is 8.86. The molecule has 2 saturated heterocycles. The van der Waals surface area contributed by atoms with Gasteiger partial charge in [0.1, 0.15) is 0 Å². The van der Waals surface area contributed by atoms with Crippen molar-refractivity contribution in [2.75, 3.05) is 6.61 Å². The third kappa shape index (κ3) is 6.14. The Morgan fingerprint density at radius 2 is 1.92 bits per heavy atom. The first-order valence-electron chi connectivity index (χ1n) is 15.5. The van der Waals surface area contributed by atoms with Gasteiger partial charge < -0.3 is 19.3 Å². The highest BCUT2D eigenvalue weighted by Crippen LogP contribution is 2.45. The lowest BCUT2D eigenvalue weighted by atomic mass is 9.80. The number of guanidine groups is 1. The summed E-state index contributed by atoms with van der Waals surface area (Å²) in [5, 5.41) is 16.3. The molecule has 3 N–H and O–H groups in total. The van der Waals surface area contributed by atoms with E-state index in [1.807, 2.05) is 0 Å². The number of carbonyl (C=O) groups is 2. The first-order valence-corrected chi connectivity index (χ1v) is 15.5. The van der Waals surface area contributed by atoms with Gasteiger partial charge in [-0.15, -0.1) is 0 Å². The Morgan fingerprint density at radius 3 is 2.72 bits per heavy atom. The first-order chi connectivity index (χ1) is 18.8. The van der Waals surface area contributed by atoms with Gasteiger partial charge in [0, 0.05) is 25.7 Å². The van der Waals surface area contributed by atoms with Crippen molar-refractivity contribution in [2.45, 2.75) is 146 Å². The molecule has 0 aromatic heterocycles. The number of unbranched alkanes of at least 4 members (excludes halogenated alkanes) is 4. The summed E-state index contributed by atoms with van der Waals surface area (Å²) in [6.45, 7) is 4.67. The van der Waals surface area contributed by atoms with Gasteiger partial charge >= 0.3 is 17.9 Å². The molecule has 0 aromatic carbocycles. The number of allylic oxidation sites excluding steroid dienone is 1. The van der Waals surface area contributed by atoms with Crippen molar-refractivity contribution in [2.24, 2.45) is 5.92 Å². The average molecular weight is 547 g/mol. The Balaban J connectivity index is 1.29. The third-order valence-electron chi connectivity index (χ3n) is 9.38. The van der Waals surface area contributed by atoms with Crippen LogP contribution in [0.25, 0.3) is 0 Å². The highest BCUT2D eigenvalue weighted by atomic mass is 16.6. The lowest BCUT2D eigenvalue weighted by Crippen LogP contribution is -2.76. The summed E-state index contributed by atoms with van der Waals surface area (Å²) in [4.78, 5) is 24.5. The summed E-state index contributed by atoms with van der Waals surface area (Å²) in [7, 11) is 0. The largest absolute Gasteiger partial charge is 0.481 e. The molecule has 0 radical (unpaired) electrons. The molecule has 7 atom stereocenters. The molecule has 0 unspecified atom stereocenters. The van der Waals surface area contributed by atoms with E-state index in [0.717, 1.165) is 89.4 Å². The maximum Gasteiger partial charge on any atom is 0.350 e. The van der Waals surface area contributed by atoms with Crippen LogP contribution < -0.4 is 10.6 Å². The van der Waals surface area contributed by atoms with Gasteiger partial charge in [0.2, 0.25) is 5.72 Å². The smallest absolute Gasteiger partial charge is 0.350 e. The van der Waals surface area contributed by atoms with E-state index in [9.17, 15) is 9.59 Å². The van der Waals surface area contributed by atoms with Gasteiger partial charge in [-0.2, -0.15) is 0 Å². The highest BCUT2D eigenvalue weighted by Gasteiger charge is 2.64. The number of ether oxygens (including phenoxy) is 3. The summed E-state index contributed by atoms with van der Waals surface area (Å²) in [5.74, 6) is -0.324. The fraction of sp³-hybridized carbons (Fsp3) is 0.833. The van der Waals surface area contributed by atoms with Crippen LogP contribution in [-0.2, 0) is 23.8 Å². The number of aliphatic carboxylic acids is 1. The second kappa shape index (κ2) is 12.2. The monoisotopic (exact) mass is 546 g/mol. The molecule has 9 nitrogen and oxygen atoms in total. The summed E-state index contributed by atoms with van der Waals surface area (Å²) >= 11 is 0. The molecule has 218 valence electrons. The molecule has 5 aliphatic heterocycles. The number of rotatable bonds is 10. The Morgan fingerprint density at radius 1 is 1.10 bits per heavy atom. The minimum absolute atomic E-state index is 0.0378. The van der Waals surface area contributed by atoms with Crippen molar-refractivity contribution in [3.8, 4) is 0 Å². The number of hydrogen-bond acceptors (Lipinski definition) is 7. The predicted octanol–water partition coefficient (Wildman–Crippen LogP) is 4.19. The van der Waals surface area contributed by atoms with Crippen LogP contribution in [-0.4, -0.2) is 69.9 Å². The van der Waals surface area contributed by atoms with Crippen molar-refractivity contribution < 1.29 is 33.5 Å². The van der Waals surface area contributed by atoms with Crippen LogP contribution >= 0.6 is 0 Å². The number of nitrogens with zero attached hydrogens (tertiary/aromatic N) is 1. The Hall–Kier alpha value is -2.13. The summed E-state index contributed by atoms with van der Waals surface area (Å²) in [5.41, 5.74) is -1.20. The van der Waals surface area contributed by atoms with E-state index in [0.29, 0.717) is 19.1 Å². The Labute approximate surface area is 232 Å². The van der Waals surface area contributed by atoms with Crippen LogP contribution in [0.5, 0.6) is 0 Å². The van der Waals surface area contributed by atoms with Crippen LogP contribution in [0.4, 0.5) is 0 Å². The molecule has 5 aliphatic rings. The molecular weight excluding hydrogens is 498 g/mol. The Bertz CT molecular complexity index is 968. The molecule has 5 heterocycles. The van der Waals surface area contributed by atoms with Crippen LogP contribution in [0.1, 0.15) is 110 Å². The van der Waals surface area contributed by atoms with E-state index in [2.05, 4.69) is 41.2 Å². The molecule has 0 bridgehead atoms. The van der Waals surface area contributed by atoms with Crippen molar-refractivity contribution in [1.82, 2.24) is 10.6 Å². The SMILES string of the molecule is CC[C@@H]1C=CCC[C@@]2(C[C@@H]3CC[C@@H]4[C@H](C(=O)OCCCCCCCC(=O)O)[C@]5(CCC[C@@H](C)O5)NC(=[N+]34)N2)O1. The van der Waals surface area contributed by atoms with Gasteiger partial charge in [0.05, 0.1) is 30.9 Å². The fourth-order valence-electron chi connectivity index (χ4n) is 7.57. The minimum Gasteiger partial charge on any atom is -0.481 e. The normalized spacial score (nSPS) is 37.2. The molecule has 2 fully saturated rings. The lowest BCUT2D eigenvalue weighted by molar-refractivity contribution is -0.609. The van der Waals surface area contributed by atoms with Crippen molar-refractivity contribution in [3.05, 3.63) is 12.2 Å². The van der Waals surface area contributed by atoms with Crippen LogP contribution in [0.3, 0.4) is 0 Å². The van der Waals surface area contributed by atoms with Crippen LogP contribution in [0, 0.1) is 5.92 Å². The number of carboxylic acid groups (broad SMARTS) is 1. The topological polar surface area (TPSA) is 109 Å². The second-order valence-corrected chi connectivity index (χ2v) is 12.3. The number of carboxylic acids is 1. The number of esters is 1. The van der Waals surface area contributed by atoms with Crippen LogP contribution in [0.2, 0.25) is 0 Å². The van der Waals surface area contributed by atoms with E-state index < -0.39 is 17.4 Å².